The Morgan fingerprint density at radius 3 is 2.65 bits per heavy atom. The van der Waals surface area contributed by atoms with Crippen LogP contribution in [0.25, 0.3) is 0 Å². The van der Waals surface area contributed by atoms with Gasteiger partial charge in [0.25, 0.3) is 0 Å². The predicted octanol–water partition coefficient (Wildman–Crippen LogP) is 2.46. The fourth-order valence-corrected chi connectivity index (χ4v) is 1.67. The van der Waals surface area contributed by atoms with Crippen LogP contribution in [0, 0.1) is 0 Å². The molecule has 1 atom stereocenters. The zero-order valence-electron chi connectivity index (χ0n) is 11.0. The molecule has 0 saturated carbocycles. The van der Waals surface area contributed by atoms with Crippen LogP contribution in [0.1, 0.15) is 31.4 Å². The molecule has 1 aromatic carbocycles. The summed E-state index contributed by atoms with van der Waals surface area (Å²) in [5.74, 6) is 0.806. The van der Waals surface area contributed by atoms with Gasteiger partial charge in [-0.25, -0.2) is 0 Å². The van der Waals surface area contributed by atoms with E-state index in [1.165, 1.54) is 0 Å². The molecule has 96 valence electrons. The van der Waals surface area contributed by atoms with Gasteiger partial charge in [-0.05, 0) is 33.0 Å². The highest BCUT2D eigenvalue weighted by molar-refractivity contribution is 5.34. The van der Waals surface area contributed by atoms with Gasteiger partial charge < -0.3 is 14.7 Å². The van der Waals surface area contributed by atoms with Crippen LogP contribution in [0.2, 0.25) is 0 Å². The average molecular weight is 237 g/mol. The van der Waals surface area contributed by atoms with E-state index in [9.17, 15) is 5.11 Å². The van der Waals surface area contributed by atoms with Crippen molar-refractivity contribution in [2.75, 3.05) is 27.2 Å². The molecule has 0 aliphatic heterocycles. The van der Waals surface area contributed by atoms with E-state index < -0.39 is 6.10 Å². The van der Waals surface area contributed by atoms with E-state index in [0.717, 1.165) is 24.3 Å². The van der Waals surface area contributed by atoms with Gasteiger partial charge >= 0.3 is 0 Å². The first-order valence-corrected chi connectivity index (χ1v) is 6.19. The van der Waals surface area contributed by atoms with Crippen molar-refractivity contribution in [3.63, 3.8) is 0 Å². The number of nitrogens with zero attached hydrogens (tertiary/aromatic N) is 1. The van der Waals surface area contributed by atoms with Crippen LogP contribution in [0.15, 0.2) is 24.3 Å². The monoisotopic (exact) mass is 237 g/mol. The van der Waals surface area contributed by atoms with Gasteiger partial charge in [-0.1, -0.05) is 25.1 Å². The molecule has 0 radical (unpaired) electrons. The van der Waals surface area contributed by atoms with Crippen molar-refractivity contribution < 1.29 is 9.84 Å². The van der Waals surface area contributed by atoms with E-state index in [4.69, 9.17) is 4.74 Å². The highest BCUT2D eigenvalue weighted by atomic mass is 16.5. The lowest BCUT2D eigenvalue weighted by Crippen LogP contribution is -2.15. The summed E-state index contributed by atoms with van der Waals surface area (Å²) in [5.41, 5.74) is 0.889. The summed E-state index contributed by atoms with van der Waals surface area (Å²) in [6.45, 7) is 3.66. The van der Waals surface area contributed by atoms with Gasteiger partial charge in [0.1, 0.15) is 5.75 Å². The molecule has 17 heavy (non-hydrogen) atoms. The van der Waals surface area contributed by atoms with Gasteiger partial charge in [-0.15, -0.1) is 0 Å². The van der Waals surface area contributed by atoms with Crippen LogP contribution in [0.4, 0.5) is 0 Å². The van der Waals surface area contributed by atoms with Gasteiger partial charge in [0.15, 0.2) is 0 Å². The molecule has 0 saturated heterocycles. The number of hydrogen-bond donors (Lipinski definition) is 1. The number of para-hydroxylation sites is 1. The first kappa shape index (κ1) is 14.0. The number of benzene rings is 1. The molecule has 0 aliphatic carbocycles. The Morgan fingerprint density at radius 1 is 1.29 bits per heavy atom. The minimum Gasteiger partial charge on any atom is -0.493 e. The zero-order chi connectivity index (χ0) is 12.7. The van der Waals surface area contributed by atoms with Gasteiger partial charge in [-0.2, -0.15) is 0 Å². The van der Waals surface area contributed by atoms with Crippen molar-refractivity contribution in [2.45, 2.75) is 25.9 Å². The van der Waals surface area contributed by atoms with Crippen molar-refractivity contribution in [1.29, 1.82) is 0 Å². The van der Waals surface area contributed by atoms with E-state index in [2.05, 4.69) is 19.0 Å². The molecule has 0 heterocycles. The van der Waals surface area contributed by atoms with E-state index >= 15 is 0 Å². The Hall–Kier alpha value is -1.06. The molecule has 0 amide bonds. The number of aliphatic hydroxyl groups excluding tert-OH is 1. The third-order valence-electron chi connectivity index (χ3n) is 2.67. The lowest BCUT2D eigenvalue weighted by atomic mass is 10.1. The maximum absolute atomic E-state index is 9.87. The molecule has 0 aromatic heterocycles. The van der Waals surface area contributed by atoms with Crippen LogP contribution >= 0.6 is 0 Å². The highest BCUT2D eigenvalue weighted by Gasteiger charge is 2.10. The minimum absolute atomic E-state index is 0.431. The molecule has 1 N–H and O–H groups in total. The maximum Gasteiger partial charge on any atom is 0.125 e. The van der Waals surface area contributed by atoms with Gasteiger partial charge in [0.2, 0.25) is 0 Å². The second kappa shape index (κ2) is 7.30. The largest absolute Gasteiger partial charge is 0.493 e. The smallest absolute Gasteiger partial charge is 0.125 e. The van der Waals surface area contributed by atoms with Crippen LogP contribution in [0.5, 0.6) is 5.75 Å². The number of ether oxygens (including phenoxy) is 1. The van der Waals surface area contributed by atoms with Crippen LogP contribution < -0.4 is 4.74 Å². The topological polar surface area (TPSA) is 32.7 Å². The highest BCUT2D eigenvalue weighted by Crippen LogP contribution is 2.26. The molecule has 0 fully saturated rings. The minimum atomic E-state index is -0.431. The lowest BCUT2D eigenvalue weighted by molar-refractivity contribution is 0.166. The molecule has 3 nitrogen and oxygen atoms in total. The molecule has 0 aliphatic rings. The van der Waals surface area contributed by atoms with Crippen LogP contribution in [-0.2, 0) is 0 Å². The molecule has 0 spiro atoms. The SMILES string of the molecule is CC[C@H](O)c1ccccc1OCCCN(C)C. The predicted molar refractivity (Wildman–Crippen MR) is 70.4 cm³/mol. The average Bonchev–Trinajstić information content (AvgIpc) is 2.34. The summed E-state index contributed by atoms with van der Waals surface area (Å²) in [5, 5.41) is 9.87. The quantitative estimate of drug-likeness (QED) is 0.739. The van der Waals surface area contributed by atoms with E-state index in [1.54, 1.807) is 0 Å². The van der Waals surface area contributed by atoms with Crippen molar-refractivity contribution in [2.24, 2.45) is 0 Å². The normalized spacial score (nSPS) is 12.8. The number of hydrogen-bond acceptors (Lipinski definition) is 3. The van der Waals surface area contributed by atoms with Crippen molar-refractivity contribution in [3.05, 3.63) is 29.8 Å². The van der Waals surface area contributed by atoms with Gasteiger partial charge in [0, 0.05) is 12.1 Å². The fraction of sp³-hybridized carbons (Fsp3) is 0.571. The van der Waals surface area contributed by atoms with Crippen LogP contribution in [0.3, 0.4) is 0 Å². The molecule has 1 rings (SSSR count). The Balaban J connectivity index is 2.52. The second-order valence-electron chi connectivity index (χ2n) is 4.47. The van der Waals surface area contributed by atoms with Crippen molar-refractivity contribution in [1.82, 2.24) is 4.90 Å². The van der Waals surface area contributed by atoms with E-state index in [1.807, 2.05) is 31.2 Å². The Kier molecular flexibility index (Phi) is 6.01. The Morgan fingerprint density at radius 2 is 2.00 bits per heavy atom. The Labute approximate surface area is 104 Å². The molecular weight excluding hydrogens is 214 g/mol. The first-order chi connectivity index (χ1) is 8.15. The number of aliphatic hydroxyl groups is 1. The molecule has 3 heteroatoms. The molecular formula is C14H23NO2. The van der Waals surface area contributed by atoms with E-state index in [0.29, 0.717) is 13.0 Å². The third kappa shape index (κ3) is 4.75. The second-order valence-corrected chi connectivity index (χ2v) is 4.47. The molecule has 1 aromatic rings. The Bertz CT molecular complexity index is 326. The number of rotatable bonds is 7. The first-order valence-electron chi connectivity index (χ1n) is 6.19. The third-order valence-corrected chi connectivity index (χ3v) is 2.67. The van der Waals surface area contributed by atoms with Crippen LogP contribution in [-0.4, -0.2) is 37.3 Å². The summed E-state index contributed by atoms with van der Waals surface area (Å²) >= 11 is 0. The van der Waals surface area contributed by atoms with Gasteiger partial charge in [-0.3, -0.25) is 0 Å². The lowest BCUT2D eigenvalue weighted by Gasteiger charge is -2.15. The molecule has 0 unspecified atom stereocenters. The maximum atomic E-state index is 9.87. The van der Waals surface area contributed by atoms with E-state index in [-0.39, 0.29) is 0 Å². The summed E-state index contributed by atoms with van der Waals surface area (Å²) in [4.78, 5) is 2.14. The standard InChI is InChI=1S/C14H23NO2/c1-4-13(16)12-8-5-6-9-14(12)17-11-7-10-15(2)3/h5-6,8-9,13,16H,4,7,10-11H2,1-3H3/t13-/m0/s1. The summed E-state index contributed by atoms with van der Waals surface area (Å²) in [6, 6.07) is 7.72. The van der Waals surface area contributed by atoms with Crippen molar-refractivity contribution in [3.8, 4) is 5.75 Å². The summed E-state index contributed by atoms with van der Waals surface area (Å²) in [6.07, 6.45) is 1.27. The van der Waals surface area contributed by atoms with Crippen molar-refractivity contribution >= 4 is 0 Å². The fourth-order valence-electron chi connectivity index (χ4n) is 1.67. The summed E-state index contributed by atoms with van der Waals surface area (Å²) < 4.78 is 5.72. The van der Waals surface area contributed by atoms with Gasteiger partial charge in [0.05, 0.1) is 12.7 Å². The summed E-state index contributed by atoms with van der Waals surface area (Å²) in [7, 11) is 4.10. The zero-order valence-corrected chi connectivity index (χ0v) is 11.0. The molecule has 0 bridgehead atoms.